The molecule has 2 atom stereocenters. The van der Waals surface area contributed by atoms with Crippen molar-refractivity contribution in [2.75, 3.05) is 24.6 Å². The van der Waals surface area contributed by atoms with E-state index in [9.17, 15) is 5.11 Å². The van der Waals surface area contributed by atoms with Gasteiger partial charge in [-0.3, -0.25) is 4.99 Å². The first-order valence-electron chi connectivity index (χ1n) is 7.13. The van der Waals surface area contributed by atoms with Crippen LogP contribution in [0.5, 0.6) is 0 Å². The lowest BCUT2D eigenvalue weighted by molar-refractivity contribution is 0.158. The lowest BCUT2D eigenvalue weighted by Gasteiger charge is -2.24. The third-order valence-electron chi connectivity index (χ3n) is 3.14. The number of furan rings is 1. The van der Waals surface area contributed by atoms with Crippen molar-refractivity contribution in [3.63, 3.8) is 0 Å². The van der Waals surface area contributed by atoms with Crippen LogP contribution in [-0.4, -0.2) is 41.7 Å². The highest BCUT2D eigenvalue weighted by Gasteiger charge is 2.15. The van der Waals surface area contributed by atoms with E-state index in [1.807, 2.05) is 18.7 Å². The van der Waals surface area contributed by atoms with Crippen molar-refractivity contribution in [3.8, 4) is 0 Å². The van der Waals surface area contributed by atoms with Gasteiger partial charge in [0.1, 0.15) is 11.9 Å². The second-order valence-corrected chi connectivity index (χ2v) is 5.96. The second kappa shape index (κ2) is 10.3. The predicted molar refractivity (Wildman–Crippen MR) is 98.5 cm³/mol. The molecule has 0 saturated carbocycles. The zero-order valence-corrected chi connectivity index (χ0v) is 15.4. The molecule has 5 nitrogen and oxygen atoms in total. The summed E-state index contributed by atoms with van der Waals surface area (Å²) in [6.45, 7) is 3.14. The maximum atomic E-state index is 9.97. The standard InChI is InChI=1S/C14H23N3O2S.HI/c1-2-15-14(17-11-5-4-8-20-10-11)16-9-12(18)13-6-3-7-19-13;/h3,6-7,11-12,18H,2,4-5,8-10H2,1H3,(H2,15,16,17);1H. The topological polar surface area (TPSA) is 69.8 Å². The highest BCUT2D eigenvalue weighted by molar-refractivity contribution is 14.0. The summed E-state index contributed by atoms with van der Waals surface area (Å²) in [5.41, 5.74) is 0. The maximum Gasteiger partial charge on any atom is 0.191 e. The van der Waals surface area contributed by atoms with E-state index in [4.69, 9.17) is 4.42 Å². The van der Waals surface area contributed by atoms with Gasteiger partial charge >= 0.3 is 0 Å². The third-order valence-corrected chi connectivity index (χ3v) is 4.35. The van der Waals surface area contributed by atoms with Crippen LogP contribution in [0.15, 0.2) is 27.8 Å². The van der Waals surface area contributed by atoms with Gasteiger partial charge in [-0.1, -0.05) is 0 Å². The van der Waals surface area contributed by atoms with Crippen LogP contribution in [0.4, 0.5) is 0 Å². The molecule has 2 unspecified atom stereocenters. The van der Waals surface area contributed by atoms with E-state index in [1.165, 1.54) is 18.6 Å². The van der Waals surface area contributed by atoms with Gasteiger partial charge in [0.05, 0.1) is 12.8 Å². The summed E-state index contributed by atoms with van der Waals surface area (Å²) in [6.07, 6.45) is 3.29. The molecule has 1 aromatic rings. The molecule has 1 aliphatic heterocycles. The summed E-state index contributed by atoms with van der Waals surface area (Å²) in [5.74, 6) is 3.69. The highest BCUT2D eigenvalue weighted by Crippen LogP contribution is 2.17. The zero-order chi connectivity index (χ0) is 14.2. The third kappa shape index (κ3) is 6.48. The Bertz CT molecular complexity index is 408. The number of hydrogen-bond acceptors (Lipinski definition) is 4. The summed E-state index contributed by atoms with van der Waals surface area (Å²) >= 11 is 1.98. The van der Waals surface area contributed by atoms with Crippen LogP contribution in [0.1, 0.15) is 31.6 Å². The van der Waals surface area contributed by atoms with Crippen molar-refractivity contribution < 1.29 is 9.52 Å². The number of halogens is 1. The van der Waals surface area contributed by atoms with Crippen LogP contribution in [0, 0.1) is 0 Å². The van der Waals surface area contributed by atoms with Crippen molar-refractivity contribution in [1.29, 1.82) is 0 Å². The van der Waals surface area contributed by atoms with Crippen molar-refractivity contribution in [1.82, 2.24) is 10.6 Å². The normalized spacial score (nSPS) is 20.5. The molecule has 0 radical (unpaired) electrons. The fraction of sp³-hybridized carbons (Fsp3) is 0.643. The van der Waals surface area contributed by atoms with Crippen LogP contribution in [0.3, 0.4) is 0 Å². The van der Waals surface area contributed by atoms with Crippen LogP contribution in [0.2, 0.25) is 0 Å². The average molecular weight is 425 g/mol. The van der Waals surface area contributed by atoms with Crippen molar-refractivity contribution in [2.45, 2.75) is 31.9 Å². The number of aliphatic hydroxyl groups is 1. The molecule has 1 aliphatic rings. The molecular formula is C14H24IN3O2S. The van der Waals surface area contributed by atoms with Gasteiger partial charge in [-0.15, -0.1) is 24.0 Å². The van der Waals surface area contributed by atoms with Crippen molar-refractivity contribution in [3.05, 3.63) is 24.2 Å². The van der Waals surface area contributed by atoms with Gasteiger partial charge in [0, 0.05) is 18.3 Å². The van der Waals surface area contributed by atoms with Gasteiger partial charge in [0.25, 0.3) is 0 Å². The Morgan fingerprint density at radius 3 is 3.10 bits per heavy atom. The van der Waals surface area contributed by atoms with Gasteiger partial charge in [-0.05, 0) is 37.7 Å². The lowest BCUT2D eigenvalue weighted by Crippen LogP contribution is -2.45. The molecule has 1 fully saturated rings. The Morgan fingerprint density at radius 2 is 2.48 bits per heavy atom. The SMILES string of the molecule is CCNC(=NCC(O)c1ccco1)NC1CCCSC1.I. The Balaban J connectivity index is 0.00000220. The summed E-state index contributed by atoms with van der Waals surface area (Å²) in [6, 6.07) is 4.00. The number of guanidine groups is 1. The minimum Gasteiger partial charge on any atom is -0.467 e. The largest absolute Gasteiger partial charge is 0.467 e. The minimum atomic E-state index is -0.693. The Morgan fingerprint density at radius 1 is 1.62 bits per heavy atom. The average Bonchev–Trinajstić information content (AvgIpc) is 3.00. The molecule has 120 valence electrons. The molecule has 7 heteroatoms. The quantitative estimate of drug-likeness (QED) is 0.384. The zero-order valence-electron chi connectivity index (χ0n) is 12.2. The van der Waals surface area contributed by atoms with Crippen LogP contribution in [-0.2, 0) is 0 Å². The number of thioether (sulfide) groups is 1. The molecule has 0 amide bonds. The molecule has 1 aromatic heterocycles. The number of aliphatic imine (C=N–C) groups is 1. The molecule has 0 aliphatic carbocycles. The van der Waals surface area contributed by atoms with E-state index < -0.39 is 6.10 Å². The number of rotatable bonds is 5. The fourth-order valence-corrected chi connectivity index (χ4v) is 3.19. The first-order valence-corrected chi connectivity index (χ1v) is 8.29. The van der Waals surface area contributed by atoms with Gasteiger partial charge in [0.2, 0.25) is 0 Å². The van der Waals surface area contributed by atoms with E-state index in [0.29, 0.717) is 18.3 Å². The summed E-state index contributed by atoms with van der Waals surface area (Å²) < 4.78 is 5.17. The molecule has 2 rings (SSSR count). The van der Waals surface area contributed by atoms with Crippen LogP contribution in [0.25, 0.3) is 0 Å². The van der Waals surface area contributed by atoms with E-state index >= 15 is 0 Å². The van der Waals surface area contributed by atoms with Gasteiger partial charge in [-0.25, -0.2) is 0 Å². The van der Waals surface area contributed by atoms with Gasteiger partial charge < -0.3 is 20.2 Å². The Labute approximate surface area is 147 Å². The summed E-state index contributed by atoms with van der Waals surface area (Å²) in [7, 11) is 0. The molecule has 0 aromatic carbocycles. The highest BCUT2D eigenvalue weighted by atomic mass is 127. The molecule has 3 N–H and O–H groups in total. The second-order valence-electron chi connectivity index (χ2n) is 4.81. The van der Waals surface area contributed by atoms with Crippen LogP contribution >= 0.6 is 35.7 Å². The molecule has 0 bridgehead atoms. The number of nitrogens with one attached hydrogen (secondary N) is 2. The monoisotopic (exact) mass is 425 g/mol. The van der Waals surface area contributed by atoms with Crippen molar-refractivity contribution in [2.24, 2.45) is 4.99 Å². The van der Waals surface area contributed by atoms with Gasteiger partial charge in [-0.2, -0.15) is 11.8 Å². The summed E-state index contributed by atoms with van der Waals surface area (Å²) in [4.78, 5) is 4.44. The van der Waals surface area contributed by atoms with E-state index in [1.54, 1.807) is 18.4 Å². The molecule has 1 saturated heterocycles. The fourth-order valence-electron chi connectivity index (χ4n) is 2.12. The Hall–Kier alpha value is -0.410. The number of nitrogens with zero attached hydrogens (tertiary/aromatic N) is 1. The van der Waals surface area contributed by atoms with E-state index in [-0.39, 0.29) is 24.0 Å². The maximum absolute atomic E-state index is 9.97. The lowest BCUT2D eigenvalue weighted by atomic mass is 10.2. The summed E-state index contributed by atoms with van der Waals surface area (Å²) in [5, 5.41) is 16.6. The minimum absolute atomic E-state index is 0. The molecular weight excluding hydrogens is 401 g/mol. The van der Waals surface area contributed by atoms with E-state index in [0.717, 1.165) is 18.3 Å². The van der Waals surface area contributed by atoms with Gasteiger partial charge in [0.15, 0.2) is 5.96 Å². The molecule has 0 spiro atoms. The van der Waals surface area contributed by atoms with E-state index in [2.05, 4.69) is 15.6 Å². The number of aliphatic hydroxyl groups excluding tert-OH is 1. The molecule has 2 heterocycles. The van der Waals surface area contributed by atoms with Crippen molar-refractivity contribution >= 4 is 41.7 Å². The first kappa shape index (κ1) is 18.6. The predicted octanol–water partition coefficient (Wildman–Crippen LogP) is 2.38. The first-order chi connectivity index (χ1) is 9.79. The van der Waals surface area contributed by atoms with Crippen LogP contribution < -0.4 is 10.6 Å². The smallest absolute Gasteiger partial charge is 0.191 e. The Kier molecular flexibility index (Phi) is 9.18. The number of hydrogen-bond donors (Lipinski definition) is 3. The molecule has 21 heavy (non-hydrogen) atoms.